The number of hydrogen-bond acceptors (Lipinski definition) is 6. The molecule has 0 saturated carbocycles. The molecule has 1 amide bonds. The number of hydrogen-bond donors (Lipinski definition) is 1. The molecule has 3 aromatic rings. The van der Waals surface area contributed by atoms with Gasteiger partial charge in [-0.1, -0.05) is 18.2 Å². The molecule has 1 aliphatic carbocycles. The van der Waals surface area contributed by atoms with Crippen LogP contribution in [-0.2, 0) is 0 Å². The number of amides is 1. The van der Waals surface area contributed by atoms with Gasteiger partial charge < -0.3 is 10.1 Å². The molecule has 152 valence electrons. The van der Waals surface area contributed by atoms with E-state index in [2.05, 4.69) is 20.3 Å². The molecule has 2 aromatic heterocycles. The molecule has 1 aliphatic rings. The fourth-order valence-electron chi connectivity index (χ4n) is 3.07. The molecule has 1 aromatic carbocycles. The number of nitrogens with one attached hydrogen (secondary N) is 1. The van der Waals surface area contributed by atoms with Gasteiger partial charge in [0.15, 0.2) is 0 Å². The van der Waals surface area contributed by atoms with Crippen LogP contribution in [0, 0.1) is 6.92 Å². The molecule has 0 bridgehead atoms. The summed E-state index contributed by atoms with van der Waals surface area (Å²) in [4.78, 5) is 25.1. The van der Waals surface area contributed by atoms with Crippen molar-refractivity contribution < 1.29 is 13.9 Å². The molecule has 1 unspecified atom stereocenters. The molecule has 1 N–H and O–H groups in total. The summed E-state index contributed by atoms with van der Waals surface area (Å²) in [6.07, 6.45) is 7.83. The van der Waals surface area contributed by atoms with E-state index in [-0.39, 0.29) is 24.4 Å². The second-order valence-corrected chi connectivity index (χ2v) is 7.82. The van der Waals surface area contributed by atoms with Crippen LogP contribution < -0.4 is 10.1 Å². The lowest BCUT2D eigenvalue weighted by Crippen LogP contribution is -2.35. The maximum Gasteiger partial charge on any atom is 0.251 e. The first-order valence-electron chi connectivity index (χ1n) is 9.36. The minimum absolute atomic E-state index is 0.0416. The lowest BCUT2D eigenvalue weighted by molar-refractivity contribution is 0.0943. The van der Waals surface area contributed by atoms with Crippen LogP contribution in [0.2, 0.25) is 0 Å². The number of ether oxygens (including phenoxy) is 1. The third-order valence-corrected chi connectivity index (χ3v) is 5.34. The average Bonchev–Trinajstić information content (AvgIpc) is 3.21. The van der Waals surface area contributed by atoms with E-state index in [1.807, 2.05) is 30.5 Å². The Labute approximate surface area is 177 Å². The summed E-state index contributed by atoms with van der Waals surface area (Å²) in [5.74, 6) is -0.262. The molecule has 30 heavy (non-hydrogen) atoms. The highest BCUT2D eigenvalue weighted by molar-refractivity contribution is 7.09. The van der Waals surface area contributed by atoms with E-state index in [0.29, 0.717) is 23.4 Å². The Balaban J connectivity index is 1.40. The van der Waals surface area contributed by atoms with Gasteiger partial charge in [0.2, 0.25) is 5.88 Å². The van der Waals surface area contributed by atoms with E-state index >= 15 is 0 Å². The van der Waals surface area contributed by atoms with Gasteiger partial charge in [-0.15, -0.1) is 11.3 Å². The number of benzene rings is 1. The zero-order chi connectivity index (χ0) is 20.9. The Bertz CT molecular complexity index is 1110. The topological polar surface area (TPSA) is 77.0 Å². The quantitative estimate of drug-likeness (QED) is 0.642. The lowest BCUT2D eigenvalue weighted by atomic mass is 9.99. The fraction of sp³-hybridized carbons (Fsp3) is 0.182. The summed E-state index contributed by atoms with van der Waals surface area (Å²) in [6, 6.07) is 6.98. The molecule has 0 fully saturated rings. The molecule has 8 heteroatoms. The number of nitrogens with zero attached hydrogens (tertiary/aromatic N) is 3. The summed E-state index contributed by atoms with van der Waals surface area (Å²) in [5, 5.41) is 5.87. The van der Waals surface area contributed by atoms with Crippen molar-refractivity contribution >= 4 is 17.2 Å². The van der Waals surface area contributed by atoms with Gasteiger partial charge in [0, 0.05) is 34.5 Å². The highest BCUT2D eigenvalue weighted by Gasteiger charge is 2.20. The first-order chi connectivity index (χ1) is 14.6. The third-order valence-electron chi connectivity index (χ3n) is 4.57. The van der Waals surface area contributed by atoms with Gasteiger partial charge in [-0.05, 0) is 31.6 Å². The monoisotopic (exact) mass is 422 g/mol. The lowest BCUT2D eigenvalue weighted by Gasteiger charge is -2.21. The molecule has 0 spiro atoms. The highest BCUT2D eigenvalue weighted by atomic mass is 32.1. The summed E-state index contributed by atoms with van der Waals surface area (Å²) in [5.41, 5.74) is 2.72. The maximum atomic E-state index is 14.2. The van der Waals surface area contributed by atoms with Crippen molar-refractivity contribution in [1.29, 1.82) is 0 Å². The van der Waals surface area contributed by atoms with Gasteiger partial charge in [-0.3, -0.25) is 9.78 Å². The number of rotatable bonds is 6. The Morgan fingerprint density at radius 2 is 2.27 bits per heavy atom. The molecular formula is C22H19FN4O2S. The van der Waals surface area contributed by atoms with Crippen molar-refractivity contribution in [3.05, 3.63) is 82.4 Å². The largest absolute Gasteiger partial charge is 0.472 e. The zero-order valence-electron chi connectivity index (χ0n) is 16.2. The molecule has 4 rings (SSSR count). The van der Waals surface area contributed by atoms with Crippen LogP contribution in [0.25, 0.3) is 11.3 Å². The summed E-state index contributed by atoms with van der Waals surface area (Å²) in [6.45, 7) is 1.98. The van der Waals surface area contributed by atoms with Gasteiger partial charge in [0.25, 0.3) is 5.91 Å². The Hall–Kier alpha value is -3.39. The smallest absolute Gasteiger partial charge is 0.251 e. The summed E-state index contributed by atoms with van der Waals surface area (Å²) >= 11 is 1.56. The van der Waals surface area contributed by atoms with Gasteiger partial charge in [-0.2, -0.15) is 0 Å². The molecule has 0 aliphatic heterocycles. The number of carbonyl (C=O) groups excluding carboxylic acids is 1. The normalized spacial score (nSPS) is 15.9. The van der Waals surface area contributed by atoms with E-state index in [4.69, 9.17) is 4.74 Å². The molecule has 2 heterocycles. The first-order valence-corrected chi connectivity index (χ1v) is 10.2. The van der Waals surface area contributed by atoms with Crippen molar-refractivity contribution in [2.24, 2.45) is 0 Å². The minimum atomic E-state index is -0.356. The average molecular weight is 422 g/mol. The maximum absolute atomic E-state index is 14.2. The third kappa shape index (κ3) is 4.77. The standard InChI is InChI=1S/C22H19FN4O2S/c1-14-26-20(13-30-14)15-3-2-4-16(9-15)22(28)27-18-5-6-19(23)17(10-18)12-29-21-11-24-7-8-25-21/h2-9,11,13,18H,10,12H2,1H3,(H,27,28). The van der Waals surface area contributed by atoms with Crippen LogP contribution in [0.5, 0.6) is 5.88 Å². The molecule has 6 nitrogen and oxygen atoms in total. The molecular weight excluding hydrogens is 403 g/mol. The number of carbonyl (C=O) groups is 1. The van der Waals surface area contributed by atoms with Crippen LogP contribution in [0.15, 0.2) is 71.8 Å². The van der Waals surface area contributed by atoms with Gasteiger partial charge >= 0.3 is 0 Å². The summed E-state index contributed by atoms with van der Waals surface area (Å²) in [7, 11) is 0. The van der Waals surface area contributed by atoms with E-state index in [1.165, 1.54) is 24.7 Å². The van der Waals surface area contributed by atoms with Crippen LogP contribution in [0.1, 0.15) is 21.8 Å². The Morgan fingerprint density at radius 3 is 3.03 bits per heavy atom. The van der Waals surface area contributed by atoms with E-state index in [0.717, 1.165) is 16.3 Å². The number of aryl methyl sites for hydroxylation is 1. The first kappa shape index (κ1) is 19.9. The van der Waals surface area contributed by atoms with Crippen LogP contribution in [0.3, 0.4) is 0 Å². The predicted molar refractivity (Wildman–Crippen MR) is 113 cm³/mol. The molecule has 1 atom stereocenters. The number of thiazole rings is 1. The zero-order valence-corrected chi connectivity index (χ0v) is 17.0. The van der Waals surface area contributed by atoms with Crippen molar-refractivity contribution in [1.82, 2.24) is 20.3 Å². The Morgan fingerprint density at radius 1 is 1.37 bits per heavy atom. The van der Waals surface area contributed by atoms with Crippen molar-refractivity contribution in [2.75, 3.05) is 6.61 Å². The summed E-state index contributed by atoms with van der Waals surface area (Å²) < 4.78 is 19.7. The fourth-order valence-corrected chi connectivity index (χ4v) is 3.69. The van der Waals surface area contributed by atoms with Crippen LogP contribution in [0.4, 0.5) is 4.39 Å². The van der Waals surface area contributed by atoms with E-state index < -0.39 is 0 Å². The van der Waals surface area contributed by atoms with E-state index in [9.17, 15) is 9.18 Å². The van der Waals surface area contributed by atoms with Gasteiger partial charge in [0.1, 0.15) is 12.4 Å². The molecule has 0 saturated heterocycles. The second kappa shape index (κ2) is 8.96. The van der Waals surface area contributed by atoms with Crippen molar-refractivity contribution in [3.63, 3.8) is 0 Å². The second-order valence-electron chi connectivity index (χ2n) is 6.76. The van der Waals surface area contributed by atoms with Gasteiger partial charge in [0.05, 0.1) is 22.9 Å². The van der Waals surface area contributed by atoms with Crippen molar-refractivity contribution in [3.8, 4) is 17.1 Å². The van der Waals surface area contributed by atoms with Gasteiger partial charge in [-0.25, -0.2) is 14.4 Å². The minimum Gasteiger partial charge on any atom is -0.472 e. The number of aromatic nitrogens is 3. The molecule has 0 radical (unpaired) electrons. The predicted octanol–water partition coefficient (Wildman–Crippen LogP) is 4.27. The van der Waals surface area contributed by atoms with Crippen LogP contribution in [-0.4, -0.2) is 33.5 Å². The highest BCUT2D eigenvalue weighted by Crippen LogP contribution is 2.24. The van der Waals surface area contributed by atoms with E-state index in [1.54, 1.807) is 23.5 Å². The Kier molecular flexibility index (Phi) is 5.94. The van der Waals surface area contributed by atoms with Crippen LogP contribution >= 0.6 is 11.3 Å². The van der Waals surface area contributed by atoms with Crippen molar-refractivity contribution in [2.45, 2.75) is 19.4 Å². The number of halogens is 1. The SMILES string of the molecule is Cc1nc(-c2cccc(C(=O)NC3C=CC(F)=C(COc4cnccn4)C3)c2)cs1. The number of allylic oxidation sites excluding steroid dienone is 2.